The molecule has 0 saturated carbocycles. The highest BCUT2D eigenvalue weighted by molar-refractivity contribution is 7.12. The van der Waals surface area contributed by atoms with Gasteiger partial charge >= 0.3 is 5.13 Å². The van der Waals surface area contributed by atoms with Crippen LogP contribution in [0.2, 0.25) is 0 Å². The minimum Gasteiger partial charge on any atom is -0.372 e. The Labute approximate surface area is 123 Å². The van der Waals surface area contributed by atoms with E-state index in [1.807, 2.05) is 23.7 Å². The number of rotatable bonds is 3. The Morgan fingerprint density at radius 1 is 1.10 bits per heavy atom. The zero-order valence-electron chi connectivity index (χ0n) is 11.9. The molecule has 4 nitrogen and oxygen atoms in total. The first-order valence-electron chi connectivity index (χ1n) is 6.95. The van der Waals surface area contributed by atoms with Gasteiger partial charge in [-0.15, -0.1) is 0 Å². The highest BCUT2D eigenvalue weighted by Gasteiger charge is 2.13. The van der Waals surface area contributed by atoms with Gasteiger partial charge in [0.2, 0.25) is 0 Å². The van der Waals surface area contributed by atoms with E-state index in [0.717, 1.165) is 10.8 Å². The molecule has 2 aromatic rings. The maximum absolute atomic E-state index is 4.32. The van der Waals surface area contributed by atoms with E-state index in [2.05, 4.69) is 39.6 Å². The summed E-state index contributed by atoms with van der Waals surface area (Å²) in [5.41, 5.74) is 3.39. The van der Waals surface area contributed by atoms with Crippen LogP contribution in [0.4, 0.5) is 16.5 Å². The molecule has 1 aliphatic rings. The molecule has 0 spiro atoms. The summed E-state index contributed by atoms with van der Waals surface area (Å²) in [5, 5.41) is 11.6. The monoisotopic (exact) mass is 287 g/mol. The Kier molecular flexibility index (Phi) is 3.78. The van der Waals surface area contributed by atoms with E-state index in [0.29, 0.717) is 0 Å². The molecule has 0 N–H and O–H groups in total. The van der Waals surface area contributed by atoms with E-state index in [9.17, 15) is 0 Å². The van der Waals surface area contributed by atoms with Gasteiger partial charge in [-0.25, -0.2) is 4.57 Å². The van der Waals surface area contributed by atoms with Gasteiger partial charge in [0.15, 0.2) is 0 Å². The molecular weight excluding hydrogens is 268 g/mol. The first kappa shape index (κ1) is 13.2. The summed E-state index contributed by atoms with van der Waals surface area (Å²) in [6.07, 6.45) is 2.60. The van der Waals surface area contributed by atoms with Crippen LogP contribution in [0.5, 0.6) is 0 Å². The van der Waals surface area contributed by atoms with Gasteiger partial charge in [-0.05, 0) is 60.5 Å². The van der Waals surface area contributed by atoms with Crippen molar-refractivity contribution >= 4 is 27.8 Å². The number of anilines is 1. The van der Waals surface area contributed by atoms with Crippen LogP contribution in [-0.4, -0.2) is 13.1 Å². The van der Waals surface area contributed by atoms with Crippen LogP contribution in [0.15, 0.2) is 39.9 Å². The van der Waals surface area contributed by atoms with Crippen molar-refractivity contribution in [3.8, 4) is 0 Å². The summed E-state index contributed by atoms with van der Waals surface area (Å²) in [4.78, 5) is 2.42. The average molecular weight is 287 g/mol. The fraction of sp³-hybridized carbons (Fsp3) is 0.400. The largest absolute Gasteiger partial charge is 0.408 e. The standard InChI is InChI=1S/C15H19N4S/c1-12-11-20-15(18(12)2)17-16-13-5-7-14(8-6-13)19-9-3-4-10-19/h5-8,11H,3-4,9-10H2,1-2H3/q+1. The van der Waals surface area contributed by atoms with Crippen LogP contribution in [0.25, 0.3) is 0 Å². The van der Waals surface area contributed by atoms with E-state index in [-0.39, 0.29) is 0 Å². The molecule has 0 unspecified atom stereocenters. The topological polar surface area (TPSA) is 31.8 Å². The van der Waals surface area contributed by atoms with Crippen molar-refractivity contribution in [1.82, 2.24) is 0 Å². The molecule has 20 heavy (non-hydrogen) atoms. The van der Waals surface area contributed by atoms with Gasteiger partial charge in [0.1, 0.15) is 11.4 Å². The Hall–Kier alpha value is -1.75. The highest BCUT2D eigenvalue weighted by atomic mass is 32.1. The number of hydrogen-bond acceptors (Lipinski definition) is 4. The second-order valence-corrected chi connectivity index (χ2v) is 5.97. The lowest BCUT2D eigenvalue weighted by Gasteiger charge is -2.16. The lowest BCUT2D eigenvalue weighted by molar-refractivity contribution is -0.660. The molecule has 3 rings (SSSR count). The van der Waals surface area contributed by atoms with Crippen LogP contribution >= 0.6 is 11.3 Å². The van der Waals surface area contributed by atoms with Crippen molar-refractivity contribution in [3.05, 3.63) is 35.3 Å². The van der Waals surface area contributed by atoms with E-state index >= 15 is 0 Å². The quantitative estimate of drug-likeness (QED) is 0.622. The van der Waals surface area contributed by atoms with Gasteiger partial charge in [0.05, 0.1) is 12.2 Å². The SMILES string of the molecule is Cc1csc(/N=N/c2ccc(N3CCCC3)cc2)[n+]1C. The molecule has 5 heteroatoms. The summed E-state index contributed by atoms with van der Waals surface area (Å²) < 4.78 is 2.05. The van der Waals surface area contributed by atoms with Crippen molar-refractivity contribution in [3.63, 3.8) is 0 Å². The van der Waals surface area contributed by atoms with Gasteiger partial charge < -0.3 is 4.90 Å². The lowest BCUT2D eigenvalue weighted by Crippen LogP contribution is -2.28. The first-order chi connectivity index (χ1) is 9.74. The minimum absolute atomic E-state index is 0.902. The third kappa shape index (κ3) is 2.72. The third-order valence-corrected chi connectivity index (χ3v) is 4.75. The normalized spacial score (nSPS) is 15.4. The summed E-state index contributed by atoms with van der Waals surface area (Å²) in [6, 6.07) is 8.36. The Bertz CT molecular complexity index is 609. The number of azo groups is 1. The number of aryl methyl sites for hydroxylation is 1. The zero-order valence-corrected chi connectivity index (χ0v) is 12.7. The van der Waals surface area contributed by atoms with Gasteiger partial charge in [-0.3, -0.25) is 0 Å². The van der Waals surface area contributed by atoms with Gasteiger partial charge in [0.25, 0.3) is 0 Å². The van der Waals surface area contributed by atoms with Crippen molar-refractivity contribution in [2.24, 2.45) is 17.3 Å². The second kappa shape index (κ2) is 5.71. The van der Waals surface area contributed by atoms with Crippen molar-refractivity contribution in [1.29, 1.82) is 0 Å². The van der Waals surface area contributed by atoms with Crippen molar-refractivity contribution in [2.45, 2.75) is 19.8 Å². The summed E-state index contributed by atoms with van der Waals surface area (Å²) in [6.45, 7) is 4.41. The molecule has 1 saturated heterocycles. The molecule has 2 heterocycles. The number of benzene rings is 1. The van der Waals surface area contributed by atoms with Crippen LogP contribution in [0, 0.1) is 6.92 Å². The van der Waals surface area contributed by atoms with Crippen LogP contribution in [-0.2, 0) is 7.05 Å². The number of nitrogens with zero attached hydrogens (tertiary/aromatic N) is 4. The molecule has 1 aliphatic heterocycles. The summed E-state index contributed by atoms with van der Waals surface area (Å²) in [5.74, 6) is 0. The Morgan fingerprint density at radius 3 is 2.40 bits per heavy atom. The molecule has 1 aromatic heterocycles. The Balaban J connectivity index is 1.73. The maximum atomic E-state index is 4.32. The highest BCUT2D eigenvalue weighted by Crippen LogP contribution is 2.25. The summed E-state index contributed by atoms with van der Waals surface area (Å²) in [7, 11) is 2.01. The molecule has 0 amide bonds. The Morgan fingerprint density at radius 2 is 1.80 bits per heavy atom. The van der Waals surface area contributed by atoms with Crippen LogP contribution in [0.1, 0.15) is 18.5 Å². The fourth-order valence-corrected chi connectivity index (χ4v) is 3.17. The number of thiazole rings is 1. The van der Waals surface area contributed by atoms with Crippen molar-refractivity contribution in [2.75, 3.05) is 18.0 Å². The molecule has 0 radical (unpaired) electrons. The van der Waals surface area contributed by atoms with E-state index in [1.54, 1.807) is 11.3 Å². The predicted molar refractivity (Wildman–Crippen MR) is 82.3 cm³/mol. The second-order valence-electron chi connectivity index (χ2n) is 5.13. The number of aromatic nitrogens is 1. The van der Waals surface area contributed by atoms with Gasteiger partial charge in [0, 0.05) is 24.2 Å². The average Bonchev–Trinajstić information content (AvgIpc) is 3.10. The molecule has 1 aromatic carbocycles. The van der Waals surface area contributed by atoms with Gasteiger partial charge in [-0.2, -0.15) is 0 Å². The van der Waals surface area contributed by atoms with Crippen LogP contribution in [0.3, 0.4) is 0 Å². The summed E-state index contributed by atoms with van der Waals surface area (Å²) >= 11 is 1.61. The fourth-order valence-electron chi connectivity index (χ4n) is 2.34. The third-order valence-electron chi connectivity index (χ3n) is 3.72. The maximum Gasteiger partial charge on any atom is 0.408 e. The first-order valence-corrected chi connectivity index (χ1v) is 7.83. The molecular formula is C15H19N4S+. The van der Waals surface area contributed by atoms with E-state index < -0.39 is 0 Å². The molecule has 1 fully saturated rings. The zero-order chi connectivity index (χ0) is 13.9. The smallest absolute Gasteiger partial charge is 0.372 e. The molecule has 0 atom stereocenters. The van der Waals surface area contributed by atoms with Gasteiger partial charge in [-0.1, -0.05) is 0 Å². The molecule has 104 valence electrons. The lowest BCUT2D eigenvalue weighted by atomic mass is 10.2. The van der Waals surface area contributed by atoms with E-state index in [1.165, 1.54) is 37.3 Å². The molecule has 0 aliphatic carbocycles. The number of hydrogen-bond donors (Lipinski definition) is 0. The van der Waals surface area contributed by atoms with E-state index in [4.69, 9.17) is 0 Å². The van der Waals surface area contributed by atoms with Crippen molar-refractivity contribution < 1.29 is 4.57 Å². The predicted octanol–water partition coefficient (Wildman–Crippen LogP) is 3.90. The van der Waals surface area contributed by atoms with Crippen LogP contribution < -0.4 is 9.47 Å². The minimum atomic E-state index is 0.902. The molecule has 0 bridgehead atoms.